The maximum Gasteiger partial charge on any atom is 0.231 e. The van der Waals surface area contributed by atoms with Gasteiger partial charge in [-0.1, -0.05) is 37.3 Å². The summed E-state index contributed by atoms with van der Waals surface area (Å²) >= 11 is 5.46. The van der Waals surface area contributed by atoms with Gasteiger partial charge in [0.15, 0.2) is 5.11 Å². The minimum Gasteiger partial charge on any atom is -0.356 e. The van der Waals surface area contributed by atoms with Crippen molar-refractivity contribution in [3.05, 3.63) is 47.7 Å². The molecule has 0 saturated carbocycles. The Morgan fingerprint density at radius 2 is 2.04 bits per heavy atom. The lowest BCUT2D eigenvalue weighted by atomic mass is 10.0. The highest BCUT2D eigenvalue weighted by molar-refractivity contribution is 7.80. The molecule has 1 aromatic carbocycles. The first-order chi connectivity index (χ1) is 12.5. The molecule has 0 spiro atoms. The Morgan fingerprint density at radius 3 is 2.77 bits per heavy atom. The smallest absolute Gasteiger partial charge is 0.231 e. The predicted molar refractivity (Wildman–Crippen MR) is 112 cm³/mol. The van der Waals surface area contributed by atoms with Crippen molar-refractivity contribution in [1.82, 2.24) is 15.3 Å². The molecule has 2 N–H and O–H groups in total. The average Bonchev–Trinajstić information content (AvgIpc) is 2.62. The number of hydrogen-bond donors (Lipinski definition) is 2. The number of piperidine rings is 1. The average molecular weight is 370 g/mol. The molecule has 1 aliphatic rings. The minimum atomic E-state index is 0.114. The lowest BCUT2D eigenvalue weighted by Crippen LogP contribution is -2.35. The van der Waals surface area contributed by atoms with Gasteiger partial charge in [-0.25, -0.2) is 4.98 Å². The van der Waals surface area contributed by atoms with Crippen LogP contribution in [0.4, 0.5) is 11.8 Å². The normalized spacial score (nSPS) is 18.3. The van der Waals surface area contributed by atoms with E-state index in [4.69, 9.17) is 12.2 Å². The van der Waals surface area contributed by atoms with Gasteiger partial charge in [0, 0.05) is 24.8 Å². The first-order valence-electron chi connectivity index (χ1n) is 9.24. The maximum absolute atomic E-state index is 5.46. The van der Waals surface area contributed by atoms with Gasteiger partial charge < -0.3 is 15.5 Å². The van der Waals surface area contributed by atoms with Crippen LogP contribution in [0.5, 0.6) is 0 Å². The number of anilines is 2. The highest BCUT2D eigenvalue weighted by atomic mass is 32.1. The van der Waals surface area contributed by atoms with Crippen molar-refractivity contribution in [3.8, 4) is 0 Å². The molecule has 6 heteroatoms. The monoisotopic (exact) mass is 369 g/mol. The fourth-order valence-electron chi connectivity index (χ4n) is 3.33. The van der Waals surface area contributed by atoms with Gasteiger partial charge in [0.2, 0.25) is 5.95 Å². The fraction of sp³-hybridized carbons (Fsp3) is 0.450. The van der Waals surface area contributed by atoms with Crippen molar-refractivity contribution >= 4 is 29.1 Å². The lowest BCUT2D eigenvalue weighted by molar-refractivity contribution is 0.444. The van der Waals surface area contributed by atoms with Gasteiger partial charge in [-0.05, 0) is 50.4 Å². The molecule has 1 saturated heterocycles. The van der Waals surface area contributed by atoms with E-state index in [1.807, 2.05) is 31.2 Å². The van der Waals surface area contributed by atoms with Crippen molar-refractivity contribution in [2.75, 3.05) is 23.3 Å². The molecular formula is C20H27N5S. The summed E-state index contributed by atoms with van der Waals surface area (Å²) < 4.78 is 0. The van der Waals surface area contributed by atoms with Gasteiger partial charge in [-0.15, -0.1) is 0 Å². The van der Waals surface area contributed by atoms with E-state index in [-0.39, 0.29) is 6.04 Å². The van der Waals surface area contributed by atoms with Crippen LogP contribution >= 0.6 is 12.2 Å². The zero-order valence-corrected chi connectivity index (χ0v) is 16.5. The third-order valence-electron chi connectivity index (χ3n) is 4.69. The number of hydrogen-bond acceptors (Lipinski definition) is 4. The van der Waals surface area contributed by atoms with E-state index in [0.29, 0.717) is 17.0 Å². The molecule has 2 heterocycles. The first kappa shape index (κ1) is 18.6. The second kappa shape index (κ2) is 8.45. The van der Waals surface area contributed by atoms with E-state index in [2.05, 4.69) is 51.5 Å². The Balaban J connectivity index is 1.66. The van der Waals surface area contributed by atoms with Crippen LogP contribution in [0.2, 0.25) is 0 Å². The molecule has 0 amide bonds. The van der Waals surface area contributed by atoms with E-state index in [1.165, 1.54) is 18.4 Å². The SMILES string of the molecule is Cc1cc(N2CCCC(C)C2)nc(NC(=S)NC(C)c2ccccc2)n1. The van der Waals surface area contributed by atoms with E-state index in [1.54, 1.807) is 0 Å². The molecule has 1 fully saturated rings. The number of benzene rings is 1. The van der Waals surface area contributed by atoms with Crippen LogP contribution in [0.25, 0.3) is 0 Å². The summed E-state index contributed by atoms with van der Waals surface area (Å²) in [6.45, 7) is 8.47. The zero-order valence-electron chi connectivity index (χ0n) is 15.7. The minimum absolute atomic E-state index is 0.114. The Kier molecular flexibility index (Phi) is 6.04. The van der Waals surface area contributed by atoms with Crippen molar-refractivity contribution in [2.24, 2.45) is 5.92 Å². The molecule has 1 aliphatic heterocycles. The van der Waals surface area contributed by atoms with E-state index in [0.717, 1.165) is 24.6 Å². The number of aromatic nitrogens is 2. The Labute approximate surface area is 161 Å². The summed E-state index contributed by atoms with van der Waals surface area (Å²) in [5, 5.41) is 6.97. The van der Waals surface area contributed by atoms with Crippen LogP contribution in [0.3, 0.4) is 0 Å². The molecule has 3 rings (SSSR count). The molecular weight excluding hydrogens is 342 g/mol. The lowest BCUT2D eigenvalue weighted by Gasteiger charge is -2.32. The van der Waals surface area contributed by atoms with Crippen LogP contribution < -0.4 is 15.5 Å². The van der Waals surface area contributed by atoms with Gasteiger partial charge in [0.1, 0.15) is 5.82 Å². The topological polar surface area (TPSA) is 53.1 Å². The number of thiocarbonyl (C=S) groups is 1. The van der Waals surface area contributed by atoms with E-state index >= 15 is 0 Å². The Morgan fingerprint density at radius 1 is 1.27 bits per heavy atom. The number of rotatable bonds is 4. The van der Waals surface area contributed by atoms with Crippen LogP contribution in [0.15, 0.2) is 36.4 Å². The molecule has 1 aromatic heterocycles. The maximum atomic E-state index is 5.46. The summed E-state index contributed by atoms with van der Waals surface area (Å²) in [5.74, 6) is 2.23. The summed E-state index contributed by atoms with van der Waals surface area (Å²) in [5.41, 5.74) is 2.12. The first-order valence-corrected chi connectivity index (χ1v) is 9.65. The second-order valence-electron chi connectivity index (χ2n) is 7.12. The van der Waals surface area contributed by atoms with Gasteiger partial charge in [0.25, 0.3) is 0 Å². The molecule has 5 nitrogen and oxygen atoms in total. The van der Waals surface area contributed by atoms with Crippen LogP contribution in [-0.4, -0.2) is 28.2 Å². The van der Waals surface area contributed by atoms with Gasteiger partial charge in [0.05, 0.1) is 6.04 Å². The standard InChI is InChI=1S/C20H27N5S/c1-14-8-7-11-25(13-14)18-12-15(2)21-19(23-18)24-20(26)22-16(3)17-9-5-4-6-10-17/h4-6,9-10,12,14,16H,7-8,11,13H2,1-3H3,(H2,21,22,23,24,26). The summed E-state index contributed by atoms with van der Waals surface area (Å²) in [6.07, 6.45) is 2.50. The summed E-state index contributed by atoms with van der Waals surface area (Å²) in [4.78, 5) is 11.5. The van der Waals surface area contributed by atoms with Gasteiger partial charge in [-0.3, -0.25) is 0 Å². The van der Waals surface area contributed by atoms with E-state index in [9.17, 15) is 0 Å². The summed E-state index contributed by atoms with van der Waals surface area (Å²) in [6, 6.07) is 12.4. The number of nitrogens with zero attached hydrogens (tertiary/aromatic N) is 3. The molecule has 138 valence electrons. The zero-order chi connectivity index (χ0) is 18.5. The molecule has 2 aromatic rings. The second-order valence-corrected chi connectivity index (χ2v) is 7.52. The van der Waals surface area contributed by atoms with Gasteiger partial charge >= 0.3 is 0 Å². The van der Waals surface area contributed by atoms with Crippen molar-refractivity contribution < 1.29 is 0 Å². The molecule has 2 unspecified atom stereocenters. The number of aryl methyl sites for hydroxylation is 1. The highest BCUT2D eigenvalue weighted by Gasteiger charge is 2.19. The predicted octanol–water partition coefficient (Wildman–Crippen LogP) is 4.07. The Hall–Kier alpha value is -2.21. The van der Waals surface area contributed by atoms with Crippen molar-refractivity contribution in [1.29, 1.82) is 0 Å². The van der Waals surface area contributed by atoms with Crippen molar-refractivity contribution in [2.45, 2.75) is 39.7 Å². The van der Waals surface area contributed by atoms with Crippen LogP contribution in [0.1, 0.15) is 44.0 Å². The van der Waals surface area contributed by atoms with Crippen molar-refractivity contribution in [3.63, 3.8) is 0 Å². The van der Waals surface area contributed by atoms with Crippen LogP contribution in [0, 0.1) is 12.8 Å². The third-order valence-corrected chi connectivity index (χ3v) is 4.91. The fourth-order valence-corrected chi connectivity index (χ4v) is 3.59. The Bertz CT molecular complexity index is 749. The van der Waals surface area contributed by atoms with E-state index < -0.39 is 0 Å². The molecule has 2 atom stereocenters. The molecule has 0 aliphatic carbocycles. The molecule has 0 radical (unpaired) electrons. The number of nitrogens with one attached hydrogen (secondary N) is 2. The molecule has 26 heavy (non-hydrogen) atoms. The third kappa shape index (κ3) is 4.91. The van der Waals surface area contributed by atoms with Crippen LogP contribution in [-0.2, 0) is 0 Å². The van der Waals surface area contributed by atoms with Gasteiger partial charge in [-0.2, -0.15) is 4.98 Å². The summed E-state index contributed by atoms with van der Waals surface area (Å²) in [7, 11) is 0. The molecule has 0 bridgehead atoms. The largest absolute Gasteiger partial charge is 0.356 e. The quantitative estimate of drug-likeness (QED) is 0.793. The highest BCUT2D eigenvalue weighted by Crippen LogP contribution is 2.22.